The molecule has 1 aromatic carbocycles. The minimum Gasteiger partial charge on any atom is -0.744 e. The van der Waals surface area contributed by atoms with Crippen LogP contribution < -0.4 is 0 Å². The van der Waals surface area contributed by atoms with Gasteiger partial charge in [0.1, 0.15) is 22.8 Å². The van der Waals surface area contributed by atoms with E-state index in [1.165, 1.54) is 102 Å². The predicted octanol–water partition coefficient (Wildman–Crippen LogP) is 8.70. The Morgan fingerprint density at radius 2 is 1.30 bits per heavy atom. The van der Waals surface area contributed by atoms with Crippen LogP contribution in [-0.2, 0) is 29.1 Å². The maximum Gasteiger partial charge on any atom is 0.305 e. The second kappa shape index (κ2) is 25.5. The molecule has 46 heavy (non-hydrogen) atoms. The predicted molar refractivity (Wildman–Crippen MR) is 186 cm³/mol. The average molecular weight is 670 g/mol. The molecule has 1 fully saturated rings. The summed E-state index contributed by atoms with van der Waals surface area (Å²) in [6.45, 7) is 6.12. The molecule has 1 aromatic rings. The number of hydrogen-bond donors (Lipinski definition) is 0. The first-order valence-corrected chi connectivity index (χ1v) is 19.6. The second-order valence-corrected chi connectivity index (χ2v) is 15.4. The van der Waals surface area contributed by atoms with Crippen LogP contribution in [0, 0.1) is 6.92 Å². The number of ether oxygens (including phenoxy) is 3. The highest BCUT2D eigenvalue weighted by atomic mass is 32.2. The molecule has 0 saturated carbocycles. The third kappa shape index (κ3) is 24.6. The second-order valence-electron chi connectivity index (χ2n) is 14.0. The summed E-state index contributed by atoms with van der Waals surface area (Å²) in [6, 6.07) is 5.78. The van der Waals surface area contributed by atoms with E-state index in [-0.39, 0.29) is 23.3 Å². The minimum absolute atomic E-state index is 0.0986. The minimum atomic E-state index is -4.27. The molecule has 8 nitrogen and oxygen atoms in total. The Kier molecular flexibility index (Phi) is 23.6. The van der Waals surface area contributed by atoms with Gasteiger partial charge in [0.05, 0.1) is 39.2 Å². The van der Waals surface area contributed by atoms with Gasteiger partial charge in [-0.1, -0.05) is 115 Å². The van der Waals surface area contributed by atoms with Crippen molar-refractivity contribution in [3.63, 3.8) is 0 Å². The van der Waals surface area contributed by atoms with Gasteiger partial charge in [-0.05, 0) is 51.2 Å². The number of rotatable bonds is 25. The van der Waals surface area contributed by atoms with Gasteiger partial charge in [-0.2, -0.15) is 0 Å². The molecule has 0 bridgehead atoms. The molecule has 2 rings (SSSR count). The summed E-state index contributed by atoms with van der Waals surface area (Å²) in [5, 5.41) is 0. The van der Waals surface area contributed by atoms with Crippen LogP contribution in [0.1, 0.15) is 141 Å². The van der Waals surface area contributed by atoms with Gasteiger partial charge in [0.25, 0.3) is 0 Å². The van der Waals surface area contributed by atoms with Crippen LogP contribution in [-0.4, -0.2) is 76.7 Å². The first kappa shape index (κ1) is 42.5. The van der Waals surface area contributed by atoms with Crippen LogP contribution in [0.4, 0.5) is 0 Å². The van der Waals surface area contributed by atoms with Crippen molar-refractivity contribution in [3.8, 4) is 0 Å². The third-order valence-corrected chi connectivity index (χ3v) is 9.15. The molecule has 1 heterocycles. The van der Waals surface area contributed by atoms with E-state index in [9.17, 15) is 17.8 Å². The maximum absolute atomic E-state index is 11.9. The Hall–Kier alpha value is -1.52. The van der Waals surface area contributed by atoms with Crippen molar-refractivity contribution in [3.05, 3.63) is 29.8 Å². The highest BCUT2D eigenvalue weighted by Gasteiger charge is 2.26. The summed E-state index contributed by atoms with van der Waals surface area (Å²) in [5.74, 6) is -0.107. The molecule has 1 aliphatic rings. The number of unbranched alkanes of at least 4 members (excludes halogenated alkanes) is 16. The fraction of sp³-hybridized carbons (Fsp3) is 0.811. The first-order valence-electron chi connectivity index (χ1n) is 18.2. The molecule has 0 aromatic heterocycles. The van der Waals surface area contributed by atoms with Gasteiger partial charge in [-0.15, -0.1) is 0 Å². The number of nitrogens with zero attached hydrogens (tertiary/aromatic N) is 1. The average Bonchev–Trinajstić information content (AvgIpc) is 3.45. The number of hydrogen-bond acceptors (Lipinski definition) is 7. The number of benzene rings is 1. The summed E-state index contributed by atoms with van der Waals surface area (Å²) >= 11 is 0. The summed E-state index contributed by atoms with van der Waals surface area (Å²) in [6.07, 6.45) is 25.1. The van der Waals surface area contributed by atoms with Crippen molar-refractivity contribution in [1.29, 1.82) is 0 Å². The molecule has 0 radical (unpaired) electrons. The number of aryl methyl sites for hydroxylation is 1. The molecule has 0 N–H and O–H groups in total. The third-order valence-electron chi connectivity index (χ3n) is 8.31. The summed E-state index contributed by atoms with van der Waals surface area (Å²) in [5.41, 5.74) is 0.928. The lowest BCUT2D eigenvalue weighted by Crippen LogP contribution is -2.35. The maximum atomic E-state index is 11.9. The largest absolute Gasteiger partial charge is 0.744 e. The number of carbonyl (C=O) groups excluding carboxylic acids is 1. The van der Waals surface area contributed by atoms with Gasteiger partial charge in [0.2, 0.25) is 0 Å². The molecular formula is C37H67NO7S. The summed E-state index contributed by atoms with van der Waals surface area (Å²) in [4.78, 5) is 11.8. The lowest BCUT2D eigenvalue weighted by Gasteiger charge is -2.23. The molecule has 0 spiro atoms. The highest BCUT2D eigenvalue weighted by molar-refractivity contribution is 7.85. The quantitative estimate of drug-likeness (QED) is 0.0444. The van der Waals surface area contributed by atoms with Gasteiger partial charge < -0.3 is 23.2 Å². The molecule has 0 aliphatic carbocycles. The Morgan fingerprint density at radius 3 is 1.80 bits per heavy atom. The van der Waals surface area contributed by atoms with Gasteiger partial charge in [-0.25, -0.2) is 8.42 Å². The SMILES string of the molecule is CCCCCCCCCCCCCCCCC[C@@H]1OC[C@@H](COC(=O)CCCCC[N+](C)(C)C)O1.Cc1ccc(S(=O)(=O)[O-])cc1. The van der Waals surface area contributed by atoms with E-state index in [2.05, 4.69) is 28.1 Å². The number of carbonyl (C=O) groups is 1. The molecular weight excluding hydrogens is 602 g/mol. The van der Waals surface area contributed by atoms with Crippen molar-refractivity contribution < 1.29 is 36.5 Å². The van der Waals surface area contributed by atoms with E-state index in [1.807, 2.05) is 6.92 Å². The van der Waals surface area contributed by atoms with Gasteiger partial charge in [-0.3, -0.25) is 4.79 Å². The molecule has 2 atom stereocenters. The number of esters is 1. The molecule has 0 amide bonds. The molecule has 1 aliphatic heterocycles. The van der Waals surface area contributed by atoms with E-state index in [1.54, 1.807) is 12.1 Å². The highest BCUT2D eigenvalue weighted by Crippen LogP contribution is 2.19. The van der Waals surface area contributed by atoms with Crippen molar-refractivity contribution in [2.45, 2.75) is 160 Å². The van der Waals surface area contributed by atoms with Crippen LogP contribution in [0.25, 0.3) is 0 Å². The van der Waals surface area contributed by atoms with E-state index >= 15 is 0 Å². The van der Waals surface area contributed by atoms with Crippen LogP contribution >= 0.6 is 0 Å². The van der Waals surface area contributed by atoms with Gasteiger partial charge in [0, 0.05) is 6.42 Å². The van der Waals surface area contributed by atoms with Crippen LogP contribution in [0.2, 0.25) is 0 Å². The van der Waals surface area contributed by atoms with Crippen LogP contribution in [0.5, 0.6) is 0 Å². The van der Waals surface area contributed by atoms with Crippen molar-refractivity contribution in [1.82, 2.24) is 0 Å². The van der Waals surface area contributed by atoms with E-state index in [4.69, 9.17) is 14.2 Å². The molecule has 1 saturated heterocycles. The standard InChI is InChI=1S/C30H60NO4.C7H8O3S/c1-5-6-7-8-9-10-11-12-13-14-15-16-17-18-21-24-30-34-27-28(35-30)26-33-29(32)23-20-19-22-25-31(2,3)4;1-6-2-4-7(5-3-6)11(8,9)10/h28,30H,5-27H2,1-4H3;2-5H,1H3,(H,8,9,10)/q+1;/p-1/t28-,30-;/m1./s1. The first-order chi connectivity index (χ1) is 21.9. The van der Waals surface area contributed by atoms with Crippen molar-refractivity contribution in [2.75, 3.05) is 40.9 Å². The normalized spacial score (nSPS) is 16.7. The van der Waals surface area contributed by atoms with E-state index in [0.717, 1.165) is 48.7 Å². The van der Waals surface area contributed by atoms with E-state index in [0.29, 0.717) is 19.6 Å². The summed E-state index contributed by atoms with van der Waals surface area (Å²) < 4.78 is 49.2. The Labute approximate surface area is 282 Å². The zero-order chi connectivity index (χ0) is 34.1. The van der Waals surface area contributed by atoms with Gasteiger partial charge >= 0.3 is 5.97 Å². The van der Waals surface area contributed by atoms with Crippen LogP contribution in [0.15, 0.2) is 29.2 Å². The molecule has 268 valence electrons. The van der Waals surface area contributed by atoms with Crippen molar-refractivity contribution in [2.24, 2.45) is 0 Å². The fourth-order valence-corrected chi connectivity index (χ4v) is 5.89. The topological polar surface area (TPSA) is 102 Å². The summed E-state index contributed by atoms with van der Waals surface area (Å²) in [7, 11) is 2.33. The Balaban J connectivity index is 0.000000804. The van der Waals surface area contributed by atoms with Crippen molar-refractivity contribution >= 4 is 16.1 Å². The van der Waals surface area contributed by atoms with E-state index < -0.39 is 10.1 Å². The zero-order valence-corrected chi connectivity index (χ0v) is 30.8. The lowest BCUT2D eigenvalue weighted by molar-refractivity contribution is -0.870. The fourth-order valence-electron chi connectivity index (χ4n) is 5.42. The monoisotopic (exact) mass is 669 g/mol. The Bertz CT molecular complexity index is 992. The lowest BCUT2D eigenvalue weighted by atomic mass is 10.0. The molecule has 0 unspecified atom stereocenters. The Morgan fingerprint density at radius 1 is 0.804 bits per heavy atom. The van der Waals surface area contributed by atoms with Gasteiger partial charge in [0.15, 0.2) is 6.29 Å². The van der Waals surface area contributed by atoms with Crippen LogP contribution in [0.3, 0.4) is 0 Å². The number of quaternary nitrogens is 1. The zero-order valence-electron chi connectivity index (χ0n) is 29.9. The molecule has 9 heteroatoms. The smallest absolute Gasteiger partial charge is 0.305 e.